The molecule has 1 N–H and O–H groups in total. The largest absolute Gasteiger partial charge is 0.383 e. The molecule has 0 saturated carbocycles. The first-order valence-corrected chi connectivity index (χ1v) is 5.93. The van der Waals surface area contributed by atoms with Crippen LogP contribution in [0, 0.1) is 17.2 Å². The predicted molar refractivity (Wildman–Crippen MR) is 66.7 cm³/mol. The lowest BCUT2D eigenvalue weighted by Crippen LogP contribution is -2.21. The fraction of sp³-hybridized carbons (Fsp3) is 0.583. The van der Waals surface area contributed by atoms with Gasteiger partial charge in [0, 0.05) is 13.3 Å². The molecule has 0 aliphatic heterocycles. The van der Waals surface area contributed by atoms with Crippen LogP contribution in [0.25, 0.3) is 0 Å². The minimum Gasteiger partial charge on any atom is -0.383 e. The maximum Gasteiger partial charge on any atom is 0.241 e. The molecular formula is C12H18N4O2. The van der Waals surface area contributed by atoms with E-state index in [1.807, 2.05) is 13.0 Å². The average Bonchev–Trinajstić information content (AvgIpc) is 2.80. The molecule has 1 aromatic rings. The van der Waals surface area contributed by atoms with Crippen LogP contribution in [0.2, 0.25) is 0 Å². The van der Waals surface area contributed by atoms with Gasteiger partial charge in [-0.2, -0.15) is 10.4 Å². The molecule has 98 valence electrons. The number of nitriles is 1. The zero-order valence-electron chi connectivity index (χ0n) is 10.7. The number of methoxy groups -OCH3 is 1. The summed E-state index contributed by atoms with van der Waals surface area (Å²) in [5.74, 6) is -0.872. The van der Waals surface area contributed by atoms with Gasteiger partial charge in [-0.05, 0) is 6.42 Å². The molecule has 0 saturated heterocycles. The van der Waals surface area contributed by atoms with E-state index in [4.69, 9.17) is 10.00 Å². The molecule has 18 heavy (non-hydrogen) atoms. The topological polar surface area (TPSA) is 79.9 Å². The fourth-order valence-electron chi connectivity index (χ4n) is 1.51. The van der Waals surface area contributed by atoms with Crippen LogP contribution in [-0.2, 0) is 16.1 Å². The van der Waals surface area contributed by atoms with Gasteiger partial charge < -0.3 is 10.1 Å². The quantitative estimate of drug-likeness (QED) is 0.793. The summed E-state index contributed by atoms with van der Waals surface area (Å²) in [6, 6.07) is 2.00. The summed E-state index contributed by atoms with van der Waals surface area (Å²) in [5.41, 5.74) is 0.604. The van der Waals surface area contributed by atoms with Gasteiger partial charge in [0.1, 0.15) is 5.92 Å². The van der Waals surface area contributed by atoms with Gasteiger partial charge in [-0.3, -0.25) is 9.48 Å². The molecule has 0 bridgehead atoms. The lowest BCUT2D eigenvalue weighted by molar-refractivity contribution is -0.118. The molecule has 1 heterocycles. The van der Waals surface area contributed by atoms with Gasteiger partial charge in [0.15, 0.2) is 0 Å². The van der Waals surface area contributed by atoms with Crippen molar-refractivity contribution in [2.24, 2.45) is 5.92 Å². The predicted octanol–water partition coefficient (Wildman–Crippen LogP) is 1.41. The molecular weight excluding hydrogens is 232 g/mol. The normalized spacial score (nSPS) is 11.8. The van der Waals surface area contributed by atoms with Crippen LogP contribution < -0.4 is 5.32 Å². The van der Waals surface area contributed by atoms with Crippen LogP contribution in [0.5, 0.6) is 0 Å². The van der Waals surface area contributed by atoms with E-state index < -0.39 is 5.92 Å². The maximum atomic E-state index is 11.8. The summed E-state index contributed by atoms with van der Waals surface area (Å²) < 4.78 is 6.61. The first-order chi connectivity index (χ1) is 8.71. The number of ether oxygens (including phenoxy) is 1. The van der Waals surface area contributed by atoms with Crippen molar-refractivity contribution in [2.45, 2.75) is 26.3 Å². The summed E-state index contributed by atoms with van der Waals surface area (Å²) in [4.78, 5) is 11.8. The van der Waals surface area contributed by atoms with E-state index >= 15 is 0 Å². The minimum atomic E-state index is -0.600. The van der Waals surface area contributed by atoms with Crippen LogP contribution in [0.15, 0.2) is 12.4 Å². The molecule has 1 unspecified atom stereocenters. The first kappa shape index (κ1) is 14.2. The number of carbonyl (C=O) groups is 1. The van der Waals surface area contributed by atoms with Gasteiger partial charge in [0.25, 0.3) is 0 Å². The number of aromatic nitrogens is 2. The molecule has 1 atom stereocenters. The van der Waals surface area contributed by atoms with E-state index in [0.717, 1.165) is 6.42 Å². The minimum absolute atomic E-state index is 0.273. The molecule has 0 aliphatic rings. The van der Waals surface area contributed by atoms with Gasteiger partial charge in [0.05, 0.1) is 31.1 Å². The molecule has 0 aliphatic carbocycles. The lowest BCUT2D eigenvalue weighted by Gasteiger charge is -2.06. The Morgan fingerprint density at radius 2 is 2.50 bits per heavy atom. The number of hydrogen-bond acceptors (Lipinski definition) is 4. The third-order valence-corrected chi connectivity index (χ3v) is 2.47. The molecule has 0 fully saturated rings. The summed E-state index contributed by atoms with van der Waals surface area (Å²) in [5, 5.41) is 15.6. The highest BCUT2D eigenvalue weighted by atomic mass is 16.5. The SMILES string of the molecule is CCCC(C#N)C(=O)Nc1cnn(CCOC)c1. The zero-order chi connectivity index (χ0) is 13.4. The second-order valence-corrected chi connectivity index (χ2v) is 3.94. The van der Waals surface area contributed by atoms with Crippen molar-refractivity contribution in [3.05, 3.63) is 12.4 Å². The van der Waals surface area contributed by atoms with Crippen LogP contribution in [0.4, 0.5) is 5.69 Å². The average molecular weight is 250 g/mol. The monoisotopic (exact) mass is 250 g/mol. The van der Waals surface area contributed by atoms with Crippen LogP contribution in [-0.4, -0.2) is 29.4 Å². The fourth-order valence-corrected chi connectivity index (χ4v) is 1.51. The molecule has 0 radical (unpaired) electrons. The van der Waals surface area contributed by atoms with E-state index in [2.05, 4.69) is 10.4 Å². The van der Waals surface area contributed by atoms with Crippen molar-refractivity contribution >= 4 is 11.6 Å². The van der Waals surface area contributed by atoms with E-state index in [9.17, 15) is 4.79 Å². The molecule has 0 aromatic carbocycles. The Morgan fingerprint density at radius 3 is 3.11 bits per heavy atom. The third kappa shape index (κ3) is 4.18. The molecule has 0 spiro atoms. The summed E-state index contributed by atoms with van der Waals surface area (Å²) >= 11 is 0. The van der Waals surface area contributed by atoms with Gasteiger partial charge in [0.2, 0.25) is 5.91 Å². The zero-order valence-corrected chi connectivity index (χ0v) is 10.7. The Labute approximate surface area is 107 Å². The van der Waals surface area contributed by atoms with E-state index in [-0.39, 0.29) is 5.91 Å². The summed E-state index contributed by atoms with van der Waals surface area (Å²) in [6.45, 7) is 3.13. The van der Waals surface area contributed by atoms with Crippen molar-refractivity contribution < 1.29 is 9.53 Å². The number of carbonyl (C=O) groups excluding carboxylic acids is 1. The second kappa shape index (κ2) is 7.45. The van der Waals surface area contributed by atoms with Gasteiger partial charge in [-0.25, -0.2) is 0 Å². The highest BCUT2D eigenvalue weighted by molar-refractivity contribution is 5.93. The van der Waals surface area contributed by atoms with E-state index in [1.165, 1.54) is 0 Å². The Kier molecular flexibility index (Phi) is 5.88. The van der Waals surface area contributed by atoms with Crippen LogP contribution in [0.1, 0.15) is 19.8 Å². The number of amides is 1. The van der Waals surface area contributed by atoms with Gasteiger partial charge in [-0.15, -0.1) is 0 Å². The van der Waals surface area contributed by atoms with Crippen molar-refractivity contribution in [3.8, 4) is 6.07 Å². The number of rotatable bonds is 7. The number of nitrogens with zero attached hydrogens (tertiary/aromatic N) is 3. The second-order valence-electron chi connectivity index (χ2n) is 3.94. The number of anilines is 1. The first-order valence-electron chi connectivity index (χ1n) is 5.93. The van der Waals surface area contributed by atoms with Crippen molar-refractivity contribution in [2.75, 3.05) is 19.0 Å². The van der Waals surface area contributed by atoms with E-state index in [0.29, 0.717) is 25.3 Å². The Balaban J connectivity index is 2.53. The summed E-state index contributed by atoms with van der Waals surface area (Å²) in [7, 11) is 1.62. The third-order valence-electron chi connectivity index (χ3n) is 2.47. The van der Waals surface area contributed by atoms with Crippen LogP contribution in [0.3, 0.4) is 0 Å². The highest BCUT2D eigenvalue weighted by Crippen LogP contribution is 2.11. The highest BCUT2D eigenvalue weighted by Gasteiger charge is 2.17. The number of nitrogens with one attached hydrogen (secondary N) is 1. The smallest absolute Gasteiger partial charge is 0.241 e. The molecule has 1 aromatic heterocycles. The maximum absolute atomic E-state index is 11.8. The Hall–Kier alpha value is -1.87. The summed E-state index contributed by atoms with van der Waals surface area (Å²) in [6.07, 6.45) is 4.66. The van der Waals surface area contributed by atoms with Crippen LogP contribution >= 0.6 is 0 Å². The number of hydrogen-bond donors (Lipinski definition) is 1. The Morgan fingerprint density at radius 1 is 1.72 bits per heavy atom. The molecule has 6 heteroatoms. The lowest BCUT2D eigenvalue weighted by atomic mass is 10.1. The van der Waals surface area contributed by atoms with Gasteiger partial charge >= 0.3 is 0 Å². The molecule has 1 rings (SSSR count). The van der Waals surface area contributed by atoms with Crippen molar-refractivity contribution in [1.82, 2.24) is 9.78 Å². The Bertz CT molecular complexity index is 422. The van der Waals surface area contributed by atoms with Crippen molar-refractivity contribution in [1.29, 1.82) is 5.26 Å². The standard InChI is InChI=1S/C12H18N4O2/c1-3-4-10(7-13)12(17)15-11-8-14-16(9-11)5-6-18-2/h8-10H,3-6H2,1-2H3,(H,15,17). The van der Waals surface area contributed by atoms with Crippen molar-refractivity contribution in [3.63, 3.8) is 0 Å². The molecule has 1 amide bonds. The molecule has 6 nitrogen and oxygen atoms in total. The van der Waals surface area contributed by atoms with Gasteiger partial charge in [-0.1, -0.05) is 13.3 Å². The van der Waals surface area contributed by atoms with E-state index in [1.54, 1.807) is 24.2 Å².